The highest BCUT2D eigenvalue weighted by molar-refractivity contribution is 7.22. The van der Waals surface area contributed by atoms with Crippen LogP contribution in [0.1, 0.15) is 24.0 Å². The van der Waals surface area contributed by atoms with Crippen LogP contribution in [0.2, 0.25) is 0 Å². The Balaban J connectivity index is 1.36. The molecule has 1 saturated heterocycles. The smallest absolute Gasteiger partial charge is 0.224 e. The topological polar surface area (TPSA) is 58.1 Å². The van der Waals surface area contributed by atoms with E-state index in [0.29, 0.717) is 6.54 Å². The minimum absolute atomic E-state index is 0.0324. The molecule has 140 valence electrons. The molecule has 1 N–H and O–H groups in total. The molecule has 5 nitrogen and oxygen atoms in total. The maximum absolute atomic E-state index is 12.6. The molecule has 1 unspecified atom stereocenters. The Labute approximate surface area is 163 Å². The summed E-state index contributed by atoms with van der Waals surface area (Å²) < 4.78 is 1.22. The first-order valence-electron chi connectivity index (χ1n) is 9.48. The van der Waals surface area contributed by atoms with E-state index in [9.17, 15) is 4.79 Å². The fourth-order valence-electron chi connectivity index (χ4n) is 3.54. The molecular weight excluding hydrogens is 356 g/mol. The summed E-state index contributed by atoms with van der Waals surface area (Å²) in [5, 5.41) is 4.14. The number of aryl methyl sites for hydroxylation is 1. The molecule has 3 heterocycles. The minimum atomic E-state index is 0.0324. The van der Waals surface area contributed by atoms with Crippen molar-refractivity contribution in [2.45, 2.75) is 26.2 Å². The first kappa shape index (κ1) is 17.9. The number of thiazole rings is 1. The van der Waals surface area contributed by atoms with Crippen molar-refractivity contribution < 1.29 is 4.79 Å². The van der Waals surface area contributed by atoms with Gasteiger partial charge in [0.2, 0.25) is 5.91 Å². The van der Waals surface area contributed by atoms with Crippen LogP contribution in [0.3, 0.4) is 0 Å². The molecule has 0 saturated carbocycles. The molecule has 6 heteroatoms. The third-order valence-corrected chi connectivity index (χ3v) is 6.14. The summed E-state index contributed by atoms with van der Waals surface area (Å²) in [7, 11) is 0. The molecular formula is C21H24N4OS. The van der Waals surface area contributed by atoms with Gasteiger partial charge in [-0.25, -0.2) is 4.98 Å². The molecule has 3 aromatic rings. The van der Waals surface area contributed by atoms with Crippen molar-refractivity contribution in [1.82, 2.24) is 15.3 Å². The van der Waals surface area contributed by atoms with E-state index < -0.39 is 0 Å². The molecule has 1 aliphatic heterocycles. The summed E-state index contributed by atoms with van der Waals surface area (Å²) in [5.74, 6) is 0.190. The molecule has 27 heavy (non-hydrogen) atoms. The molecule has 1 atom stereocenters. The molecule has 0 radical (unpaired) electrons. The van der Waals surface area contributed by atoms with E-state index in [1.54, 1.807) is 23.7 Å². The molecule has 1 aliphatic rings. The van der Waals surface area contributed by atoms with Crippen molar-refractivity contribution in [1.29, 1.82) is 0 Å². The second-order valence-corrected chi connectivity index (χ2v) is 8.16. The summed E-state index contributed by atoms with van der Waals surface area (Å²) >= 11 is 1.72. The summed E-state index contributed by atoms with van der Waals surface area (Å²) in [5.41, 5.74) is 3.49. The molecule has 4 rings (SSSR count). The maximum atomic E-state index is 12.6. The first-order chi connectivity index (χ1) is 13.2. The van der Waals surface area contributed by atoms with Crippen LogP contribution in [0.4, 0.5) is 5.13 Å². The van der Waals surface area contributed by atoms with Crippen LogP contribution < -0.4 is 10.2 Å². The Morgan fingerprint density at radius 2 is 2.15 bits per heavy atom. The molecule has 2 aromatic heterocycles. The van der Waals surface area contributed by atoms with E-state index in [0.717, 1.165) is 43.0 Å². The number of amides is 1. The Hall–Kier alpha value is -2.47. The number of benzene rings is 1. The predicted octanol–water partition coefficient (Wildman–Crippen LogP) is 3.58. The lowest BCUT2D eigenvalue weighted by molar-refractivity contribution is -0.125. The van der Waals surface area contributed by atoms with Crippen molar-refractivity contribution in [3.63, 3.8) is 0 Å². The van der Waals surface area contributed by atoms with Gasteiger partial charge in [-0.05, 0) is 61.6 Å². The Bertz CT molecular complexity index is 924. The normalized spacial score (nSPS) is 17.2. The number of piperidine rings is 1. The van der Waals surface area contributed by atoms with Crippen LogP contribution in [0.15, 0.2) is 42.7 Å². The number of fused-ring (bicyclic) bond motifs is 1. The second kappa shape index (κ2) is 8.05. The number of pyridine rings is 1. The molecule has 1 aromatic carbocycles. The van der Waals surface area contributed by atoms with Crippen molar-refractivity contribution in [2.75, 3.05) is 24.5 Å². The van der Waals surface area contributed by atoms with Gasteiger partial charge in [-0.2, -0.15) is 0 Å². The summed E-state index contributed by atoms with van der Waals surface area (Å²) in [4.78, 5) is 23.7. The summed E-state index contributed by atoms with van der Waals surface area (Å²) in [6, 6.07) is 10.3. The summed E-state index contributed by atoms with van der Waals surface area (Å²) in [6.07, 6.45) is 6.38. The first-order valence-corrected chi connectivity index (χ1v) is 10.3. The second-order valence-electron chi connectivity index (χ2n) is 7.15. The number of hydrogen-bond acceptors (Lipinski definition) is 5. The van der Waals surface area contributed by atoms with Crippen molar-refractivity contribution in [3.8, 4) is 0 Å². The Morgan fingerprint density at radius 1 is 1.30 bits per heavy atom. The van der Waals surface area contributed by atoms with Crippen LogP contribution in [-0.2, 0) is 11.2 Å². The average Bonchev–Trinajstić information content (AvgIpc) is 3.12. The summed E-state index contributed by atoms with van der Waals surface area (Å²) in [6.45, 7) is 4.49. The zero-order chi connectivity index (χ0) is 18.6. The monoisotopic (exact) mass is 380 g/mol. The third kappa shape index (κ3) is 4.27. The van der Waals surface area contributed by atoms with Gasteiger partial charge in [0.25, 0.3) is 0 Å². The molecule has 0 bridgehead atoms. The fourth-order valence-corrected chi connectivity index (χ4v) is 4.64. The number of rotatable bonds is 5. The van der Waals surface area contributed by atoms with E-state index in [-0.39, 0.29) is 11.8 Å². The largest absolute Gasteiger partial charge is 0.355 e. The van der Waals surface area contributed by atoms with Crippen molar-refractivity contribution in [3.05, 3.63) is 53.9 Å². The minimum Gasteiger partial charge on any atom is -0.355 e. The van der Waals surface area contributed by atoms with E-state index in [4.69, 9.17) is 4.98 Å². The van der Waals surface area contributed by atoms with Crippen molar-refractivity contribution >= 4 is 32.6 Å². The van der Waals surface area contributed by atoms with Gasteiger partial charge in [-0.1, -0.05) is 17.4 Å². The predicted molar refractivity (Wildman–Crippen MR) is 110 cm³/mol. The molecule has 1 fully saturated rings. The number of hydrogen-bond donors (Lipinski definition) is 1. The van der Waals surface area contributed by atoms with Crippen LogP contribution >= 0.6 is 11.3 Å². The SMILES string of the molecule is Cc1ccc2nc(N3CCCC(C(=O)NCCc4ccncc4)C3)sc2c1. The number of carbonyl (C=O) groups excluding carboxylic acids is 1. The van der Waals surface area contributed by atoms with Gasteiger partial charge >= 0.3 is 0 Å². The van der Waals surface area contributed by atoms with E-state index in [1.807, 2.05) is 12.1 Å². The highest BCUT2D eigenvalue weighted by Crippen LogP contribution is 2.32. The van der Waals surface area contributed by atoms with Gasteiger partial charge in [0, 0.05) is 32.0 Å². The van der Waals surface area contributed by atoms with Crippen LogP contribution in [0, 0.1) is 12.8 Å². The van der Waals surface area contributed by atoms with Crippen LogP contribution in [0.25, 0.3) is 10.2 Å². The Morgan fingerprint density at radius 3 is 3.00 bits per heavy atom. The highest BCUT2D eigenvalue weighted by atomic mass is 32.1. The van der Waals surface area contributed by atoms with Gasteiger partial charge < -0.3 is 10.2 Å². The van der Waals surface area contributed by atoms with Gasteiger partial charge in [-0.3, -0.25) is 9.78 Å². The zero-order valence-corrected chi connectivity index (χ0v) is 16.3. The van der Waals surface area contributed by atoms with Gasteiger partial charge in [0.05, 0.1) is 16.1 Å². The number of anilines is 1. The van der Waals surface area contributed by atoms with E-state index in [1.165, 1.54) is 15.8 Å². The van der Waals surface area contributed by atoms with Gasteiger partial charge in [0.1, 0.15) is 0 Å². The lowest BCUT2D eigenvalue weighted by Crippen LogP contribution is -2.43. The number of aromatic nitrogens is 2. The van der Waals surface area contributed by atoms with Crippen LogP contribution in [0.5, 0.6) is 0 Å². The third-order valence-electron chi connectivity index (χ3n) is 5.06. The standard InChI is InChI=1S/C21H24N4OS/c1-15-4-5-18-19(13-15)27-21(24-18)25-12-2-3-17(14-25)20(26)23-11-8-16-6-9-22-10-7-16/h4-7,9-10,13,17H,2-3,8,11-12,14H2,1H3,(H,23,26). The van der Waals surface area contributed by atoms with E-state index >= 15 is 0 Å². The Kier molecular flexibility index (Phi) is 5.34. The van der Waals surface area contributed by atoms with E-state index in [2.05, 4.69) is 40.3 Å². The zero-order valence-electron chi connectivity index (χ0n) is 15.5. The fraction of sp³-hybridized carbons (Fsp3) is 0.381. The number of nitrogens with zero attached hydrogens (tertiary/aromatic N) is 3. The van der Waals surface area contributed by atoms with Crippen LogP contribution in [-0.4, -0.2) is 35.5 Å². The van der Waals surface area contributed by atoms with Gasteiger partial charge in [-0.15, -0.1) is 0 Å². The average molecular weight is 381 g/mol. The number of nitrogens with one attached hydrogen (secondary N) is 1. The lowest BCUT2D eigenvalue weighted by atomic mass is 9.97. The number of carbonyl (C=O) groups is 1. The van der Waals surface area contributed by atoms with Gasteiger partial charge in [0.15, 0.2) is 5.13 Å². The molecule has 0 aliphatic carbocycles. The van der Waals surface area contributed by atoms with Crippen molar-refractivity contribution in [2.24, 2.45) is 5.92 Å². The molecule has 1 amide bonds. The highest BCUT2D eigenvalue weighted by Gasteiger charge is 2.27. The lowest BCUT2D eigenvalue weighted by Gasteiger charge is -2.31. The molecule has 0 spiro atoms. The maximum Gasteiger partial charge on any atom is 0.224 e. The quantitative estimate of drug-likeness (QED) is 0.735.